The van der Waals surface area contributed by atoms with Crippen molar-refractivity contribution in [1.82, 2.24) is 4.90 Å². The minimum atomic E-state index is -0.425. The van der Waals surface area contributed by atoms with Crippen LogP contribution in [-0.4, -0.2) is 22.7 Å². The number of nitrogens with one attached hydrogen (secondary N) is 1. The van der Waals surface area contributed by atoms with E-state index in [4.69, 9.17) is 4.74 Å². The molecule has 2 aliphatic rings. The maximum absolute atomic E-state index is 12.7. The van der Waals surface area contributed by atoms with Gasteiger partial charge in [-0.1, -0.05) is 42.1 Å². The summed E-state index contributed by atoms with van der Waals surface area (Å²) in [6.45, 7) is 2.08. The number of rotatable bonds is 5. The Morgan fingerprint density at radius 1 is 0.970 bits per heavy atom. The number of amides is 2. The summed E-state index contributed by atoms with van der Waals surface area (Å²) in [5, 5.41) is 3.45. The van der Waals surface area contributed by atoms with Crippen molar-refractivity contribution in [3.05, 3.63) is 83.4 Å². The maximum atomic E-state index is 12.7. The number of carbonyl (C=O) groups excluding carboxylic acids is 3. The number of imide groups is 1. The van der Waals surface area contributed by atoms with E-state index in [-0.39, 0.29) is 31.2 Å². The monoisotopic (exact) mass is 458 g/mol. The fraction of sp³-hybridized carbons (Fsp3) is 0.192. The first-order valence-electron chi connectivity index (χ1n) is 10.8. The van der Waals surface area contributed by atoms with Gasteiger partial charge < -0.3 is 10.1 Å². The number of para-hydroxylation sites is 1. The van der Waals surface area contributed by atoms with Crippen molar-refractivity contribution >= 4 is 40.9 Å². The summed E-state index contributed by atoms with van der Waals surface area (Å²) in [6, 6.07) is 21.0. The van der Waals surface area contributed by atoms with Crippen molar-refractivity contribution in [3.8, 4) is 0 Å². The predicted octanol–water partition coefficient (Wildman–Crippen LogP) is 5.46. The van der Waals surface area contributed by atoms with Gasteiger partial charge in [0.15, 0.2) is 0 Å². The third-order valence-electron chi connectivity index (χ3n) is 5.82. The summed E-state index contributed by atoms with van der Waals surface area (Å²) in [5.74, 6) is -0.731. The lowest BCUT2D eigenvalue weighted by atomic mass is 10.1. The zero-order valence-corrected chi connectivity index (χ0v) is 18.9. The molecule has 1 saturated heterocycles. The van der Waals surface area contributed by atoms with Crippen molar-refractivity contribution in [2.45, 2.75) is 42.2 Å². The minimum Gasteiger partial charge on any atom is -0.454 e. The van der Waals surface area contributed by atoms with Gasteiger partial charge in [0, 0.05) is 22.6 Å². The number of esters is 1. The van der Waals surface area contributed by atoms with E-state index in [1.807, 2.05) is 43.3 Å². The quantitative estimate of drug-likeness (QED) is 0.316. The normalized spacial score (nSPS) is 15.5. The average molecular weight is 459 g/mol. The van der Waals surface area contributed by atoms with Gasteiger partial charge in [0.2, 0.25) is 11.8 Å². The molecule has 2 aliphatic heterocycles. The third-order valence-corrected chi connectivity index (χ3v) is 6.97. The molecule has 1 N–H and O–H groups in total. The van der Waals surface area contributed by atoms with E-state index in [9.17, 15) is 14.4 Å². The summed E-state index contributed by atoms with van der Waals surface area (Å²) in [6.07, 6.45) is 0.112. The molecule has 0 radical (unpaired) electrons. The molecule has 3 aromatic rings. The smallest absolute Gasteiger partial charge is 0.338 e. The third kappa shape index (κ3) is 4.36. The Hall–Kier alpha value is -3.58. The van der Waals surface area contributed by atoms with Crippen molar-refractivity contribution in [2.75, 3.05) is 5.32 Å². The number of likely N-dealkylation sites (tertiary alicyclic amines) is 1. The summed E-state index contributed by atoms with van der Waals surface area (Å²) < 4.78 is 5.70. The Labute approximate surface area is 195 Å². The van der Waals surface area contributed by atoms with Gasteiger partial charge in [0.25, 0.3) is 0 Å². The highest BCUT2D eigenvalue weighted by Crippen LogP contribution is 2.44. The van der Waals surface area contributed by atoms with Gasteiger partial charge in [-0.3, -0.25) is 14.5 Å². The van der Waals surface area contributed by atoms with Gasteiger partial charge in [-0.2, -0.15) is 0 Å². The molecule has 166 valence electrons. The minimum absolute atomic E-state index is 0.154. The van der Waals surface area contributed by atoms with E-state index in [2.05, 4.69) is 11.4 Å². The van der Waals surface area contributed by atoms with Crippen LogP contribution in [0.3, 0.4) is 0 Å². The lowest BCUT2D eigenvalue weighted by Crippen LogP contribution is -2.28. The molecule has 5 rings (SSSR count). The molecule has 2 heterocycles. The van der Waals surface area contributed by atoms with E-state index in [0.29, 0.717) is 5.56 Å². The molecule has 1 atom stereocenters. The molecular formula is C26H22N2O4S. The van der Waals surface area contributed by atoms with Crippen LogP contribution in [-0.2, 0) is 20.9 Å². The fourth-order valence-corrected chi connectivity index (χ4v) is 4.90. The van der Waals surface area contributed by atoms with Gasteiger partial charge in [-0.25, -0.2) is 4.79 Å². The molecule has 6 nitrogen and oxygen atoms in total. The second kappa shape index (κ2) is 8.75. The number of anilines is 2. The van der Waals surface area contributed by atoms with Crippen molar-refractivity contribution in [1.29, 1.82) is 0 Å². The number of benzene rings is 3. The largest absolute Gasteiger partial charge is 0.454 e. The lowest BCUT2D eigenvalue weighted by Gasteiger charge is -2.22. The van der Waals surface area contributed by atoms with Crippen LogP contribution in [0.5, 0.6) is 0 Å². The summed E-state index contributed by atoms with van der Waals surface area (Å²) >= 11 is 1.71. The van der Waals surface area contributed by atoms with Crippen molar-refractivity contribution in [2.24, 2.45) is 0 Å². The lowest BCUT2D eigenvalue weighted by molar-refractivity contribution is -0.139. The van der Waals surface area contributed by atoms with Crippen LogP contribution in [0.2, 0.25) is 0 Å². The van der Waals surface area contributed by atoms with Crippen molar-refractivity contribution < 1.29 is 19.1 Å². The van der Waals surface area contributed by atoms with Crippen LogP contribution >= 0.6 is 11.8 Å². The molecule has 0 bridgehead atoms. The Morgan fingerprint density at radius 3 is 2.42 bits per heavy atom. The Bertz CT molecular complexity index is 1240. The topological polar surface area (TPSA) is 75.7 Å². The van der Waals surface area contributed by atoms with E-state index in [0.717, 1.165) is 27.4 Å². The molecule has 2 amide bonds. The van der Waals surface area contributed by atoms with Crippen LogP contribution < -0.4 is 5.32 Å². The number of nitrogens with zero attached hydrogens (tertiary/aromatic N) is 1. The Kier molecular flexibility index (Phi) is 5.64. The molecule has 0 aromatic heterocycles. The SMILES string of the molecule is CC(OC(=O)c1ccc(CN2C(=O)CCC2=O)cc1)c1ccc2c(c1)Nc1ccccc1S2. The van der Waals surface area contributed by atoms with Gasteiger partial charge in [0.1, 0.15) is 6.10 Å². The first-order valence-corrected chi connectivity index (χ1v) is 11.6. The van der Waals surface area contributed by atoms with Gasteiger partial charge in [-0.05, 0) is 54.4 Å². The van der Waals surface area contributed by atoms with Gasteiger partial charge >= 0.3 is 5.97 Å². The maximum Gasteiger partial charge on any atom is 0.338 e. The molecule has 0 aliphatic carbocycles. The first-order chi connectivity index (χ1) is 16.0. The molecule has 1 fully saturated rings. The summed E-state index contributed by atoms with van der Waals surface area (Å²) in [4.78, 5) is 39.8. The zero-order valence-electron chi connectivity index (χ0n) is 18.0. The fourth-order valence-electron chi connectivity index (χ4n) is 3.93. The molecule has 0 spiro atoms. The zero-order chi connectivity index (χ0) is 22.9. The summed E-state index contributed by atoms with van der Waals surface area (Å²) in [7, 11) is 0. The second-order valence-electron chi connectivity index (χ2n) is 8.10. The van der Waals surface area contributed by atoms with Gasteiger partial charge in [0.05, 0.1) is 23.5 Å². The molecular weight excluding hydrogens is 436 g/mol. The van der Waals surface area contributed by atoms with Gasteiger partial charge in [-0.15, -0.1) is 0 Å². The molecule has 3 aromatic carbocycles. The number of hydrogen-bond acceptors (Lipinski definition) is 6. The van der Waals surface area contributed by atoms with Crippen LogP contribution in [0.25, 0.3) is 0 Å². The highest BCUT2D eigenvalue weighted by atomic mass is 32.2. The van der Waals surface area contributed by atoms with Crippen LogP contribution in [0.4, 0.5) is 11.4 Å². The molecule has 1 unspecified atom stereocenters. The average Bonchev–Trinajstić information content (AvgIpc) is 3.14. The van der Waals surface area contributed by atoms with E-state index in [1.54, 1.807) is 36.0 Å². The molecule has 0 saturated carbocycles. The summed E-state index contributed by atoms with van der Waals surface area (Å²) in [5.41, 5.74) is 4.17. The van der Waals surface area contributed by atoms with E-state index < -0.39 is 12.1 Å². The highest BCUT2D eigenvalue weighted by molar-refractivity contribution is 7.99. The Balaban J connectivity index is 1.24. The second-order valence-corrected chi connectivity index (χ2v) is 9.18. The van der Waals surface area contributed by atoms with Crippen LogP contribution in [0.15, 0.2) is 76.5 Å². The standard InChI is InChI=1S/C26H22N2O4S/c1-16(19-10-11-23-21(14-19)27-20-4-2-3-5-22(20)33-23)32-26(31)18-8-6-17(7-9-18)15-28-24(29)12-13-25(28)30/h2-11,14,16,27H,12-13,15H2,1H3. The molecule has 33 heavy (non-hydrogen) atoms. The number of fused-ring (bicyclic) bond motifs is 2. The Morgan fingerprint density at radius 2 is 1.67 bits per heavy atom. The van der Waals surface area contributed by atoms with Crippen LogP contribution in [0.1, 0.15) is 47.4 Å². The van der Waals surface area contributed by atoms with E-state index >= 15 is 0 Å². The van der Waals surface area contributed by atoms with Crippen molar-refractivity contribution in [3.63, 3.8) is 0 Å². The first kappa shape index (κ1) is 21.3. The van der Waals surface area contributed by atoms with E-state index in [1.165, 1.54) is 9.80 Å². The predicted molar refractivity (Wildman–Crippen MR) is 125 cm³/mol. The molecule has 7 heteroatoms. The van der Waals surface area contributed by atoms with Crippen LogP contribution in [0, 0.1) is 0 Å². The number of hydrogen-bond donors (Lipinski definition) is 1. The number of carbonyl (C=O) groups is 3. The highest BCUT2D eigenvalue weighted by Gasteiger charge is 2.28. The number of ether oxygens (including phenoxy) is 1.